The lowest BCUT2D eigenvalue weighted by atomic mass is 9.95. The van der Waals surface area contributed by atoms with E-state index in [4.69, 9.17) is 5.41 Å². The number of halogens is 3. The molecule has 0 unspecified atom stereocenters. The van der Waals surface area contributed by atoms with E-state index < -0.39 is 12.4 Å². The summed E-state index contributed by atoms with van der Waals surface area (Å²) in [5.41, 5.74) is 7.21. The zero-order valence-electron chi connectivity index (χ0n) is 27.3. The van der Waals surface area contributed by atoms with Gasteiger partial charge in [-0.2, -0.15) is 4.99 Å². The quantitative estimate of drug-likeness (QED) is 0.0861. The fourth-order valence-electron chi connectivity index (χ4n) is 5.87. The van der Waals surface area contributed by atoms with Crippen molar-refractivity contribution in [1.29, 1.82) is 5.41 Å². The predicted octanol–water partition coefficient (Wildman–Crippen LogP) is 9.99. The Hall–Kier alpha value is -5.03. The maximum atomic E-state index is 13.1. The van der Waals surface area contributed by atoms with Crippen LogP contribution in [0.5, 0.6) is 5.75 Å². The Labute approximate surface area is 293 Å². The first-order valence-electron chi connectivity index (χ1n) is 16.3. The Bertz CT molecular complexity index is 2060. The molecule has 7 nitrogen and oxygen atoms in total. The van der Waals surface area contributed by atoms with E-state index in [0.717, 1.165) is 45.9 Å². The number of allylic oxidation sites excluding steroid dienone is 1. The number of aliphatic imine (C=N–C) groups is 2. The Morgan fingerprint density at radius 2 is 1.88 bits per heavy atom. The number of ketones is 1. The van der Waals surface area contributed by atoms with Crippen molar-refractivity contribution in [3.05, 3.63) is 119 Å². The second kappa shape index (κ2) is 15.2. The standard InChI is InChI=1S/C39H34F3N4O3S.H2/c1-2-25-19-27(37(43)44-18-5-3-4-7-24-10-14-30(15-11-24)49-39(40,41)42)13-17-35(25)45-38(48)46-36-22-28(20-29(47)23-50-36)31-8-6-9-32-33(31)16-12-26-21-34(26)32;/h6,8-19,21-22,43H,2-5,7,20,23H2,1H3,(H,45,48);1H/b43-37?,44-18?,46-36-;. The highest BCUT2D eigenvalue weighted by Crippen LogP contribution is 2.40. The highest BCUT2D eigenvalue weighted by molar-refractivity contribution is 8.14. The van der Waals surface area contributed by atoms with Gasteiger partial charge in [-0.05, 0) is 113 Å². The van der Waals surface area contributed by atoms with Crippen LogP contribution >= 0.6 is 11.8 Å². The highest BCUT2D eigenvalue weighted by Gasteiger charge is 2.31. The van der Waals surface area contributed by atoms with Crippen molar-refractivity contribution in [2.75, 3.05) is 11.1 Å². The van der Waals surface area contributed by atoms with Gasteiger partial charge in [-0.1, -0.05) is 61.2 Å². The molecule has 4 aromatic carbocycles. The van der Waals surface area contributed by atoms with E-state index in [1.54, 1.807) is 30.5 Å². The van der Waals surface area contributed by atoms with Crippen LogP contribution < -0.4 is 10.1 Å². The number of benzene rings is 4. The number of Topliss-reactive ketones (excluding diaryl/α,β-unsaturated/α-hetero) is 1. The number of carbonyl (C=O) groups is 2. The van der Waals surface area contributed by atoms with E-state index in [0.29, 0.717) is 35.6 Å². The van der Waals surface area contributed by atoms with E-state index >= 15 is 0 Å². The molecule has 0 atom stereocenters. The third-order valence-electron chi connectivity index (χ3n) is 8.40. The number of nitrogens with zero attached hydrogens (tertiary/aromatic N) is 2. The fourth-order valence-corrected chi connectivity index (χ4v) is 6.66. The number of fused-ring (bicyclic) bond motifs is 3. The molecule has 0 spiro atoms. The lowest BCUT2D eigenvalue weighted by molar-refractivity contribution is -0.274. The molecule has 257 valence electrons. The number of thioether (sulfide) groups is 1. The van der Waals surface area contributed by atoms with E-state index in [1.165, 1.54) is 35.0 Å². The van der Waals surface area contributed by atoms with Crippen molar-refractivity contribution in [2.45, 2.75) is 51.8 Å². The van der Waals surface area contributed by atoms with Crippen molar-refractivity contribution < 1.29 is 28.9 Å². The first kappa shape index (κ1) is 34.8. The van der Waals surface area contributed by atoms with Crippen LogP contribution in [0.15, 0.2) is 88.9 Å². The molecule has 0 aromatic heterocycles. The van der Waals surface area contributed by atoms with E-state index in [1.807, 2.05) is 31.2 Å². The number of amidine groups is 1. The van der Waals surface area contributed by atoms with Crippen LogP contribution in [0, 0.1) is 11.8 Å². The monoisotopic (exact) mass is 697 g/mol. The van der Waals surface area contributed by atoms with E-state index in [-0.39, 0.29) is 31.0 Å². The number of urea groups is 1. The minimum atomic E-state index is -4.71. The molecule has 2 aliphatic rings. The lowest BCUT2D eigenvalue weighted by Gasteiger charge is -2.11. The van der Waals surface area contributed by atoms with E-state index in [2.05, 4.69) is 44.7 Å². The topological polar surface area (TPSA) is 104 Å². The number of hydrogen-bond donors (Lipinski definition) is 2. The van der Waals surface area contributed by atoms with Gasteiger partial charge in [0.05, 0.1) is 5.75 Å². The molecular weight excluding hydrogens is 662 g/mol. The van der Waals surface area contributed by atoms with Gasteiger partial charge in [0.2, 0.25) is 0 Å². The molecule has 0 bridgehead atoms. The average molecular weight is 698 g/mol. The minimum Gasteiger partial charge on any atom is -0.406 e. The molecule has 1 heterocycles. The van der Waals surface area contributed by atoms with Gasteiger partial charge in [-0.3, -0.25) is 10.2 Å². The van der Waals surface area contributed by atoms with Crippen molar-refractivity contribution >= 4 is 62.7 Å². The van der Waals surface area contributed by atoms with Crippen molar-refractivity contribution in [1.82, 2.24) is 0 Å². The van der Waals surface area contributed by atoms with Crippen molar-refractivity contribution in [3.8, 4) is 5.75 Å². The number of aryl methyl sites for hydroxylation is 2. The lowest BCUT2D eigenvalue weighted by Crippen LogP contribution is -2.17. The molecule has 50 heavy (non-hydrogen) atoms. The zero-order chi connectivity index (χ0) is 35.3. The predicted molar refractivity (Wildman–Crippen MR) is 197 cm³/mol. The Morgan fingerprint density at radius 1 is 1.06 bits per heavy atom. The van der Waals surface area contributed by atoms with Crippen LogP contribution in [0.2, 0.25) is 0 Å². The molecule has 1 radical (unpaired) electrons. The van der Waals surface area contributed by atoms with Gasteiger partial charge in [0.15, 0.2) is 5.84 Å². The SMILES string of the molecule is CCc1cc(C(=N)N=CCCCCc2ccc(OC(F)(F)F)cc2)ccc1NC(=O)/N=C1/C=C(c2cccc3c4c(ccc23)[CH]4)CC(=O)CS1.[HH]. The molecule has 1 aliphatic heterocycles. The summed E-state index contributed by atoms with van der Waals surface area (Å²) >= 11 is 1.25. The van der Waals surface area contributed by atoms with Crippen molar-refractivity contribution in [2.24, 2.45) is 9.98 Å². The maximum Gasteiger partial charge on any atom is 0.573 e. The number of alkyl halides is 3. The molecular formula is C39H36F3N4O3S. The summed E-state index contributed by atoms with van der Waals surface area (Å²) in [5.74, 6) is 0.161. The number of amides is 2. The molecule has 2 amide bonds. The summed E-state index contributed by atoms with van der Waals surface area (Å²) in [5, 5.41) is 14.0. The number of unbranched alkanes of at least 4 members (excludes halogenated alkanes) is 2. The summed E-state index contributed by atoms with van der Waals surface area (Å²) in [6.45, 7) is 1.96. The largest absolute Gasteiger partial charge is 0.573 e. The molecule has 2 N–H and O–H groups in total. The van der Waals surface area contributed by atoms with Gasteiger partial charge in [-0.15, -0.1) is 13.2 Å². The van der Waals surface area contributed by atoms with Crippen LogP contribution in [0.3, 0.4) is 0 Å². The number of carbonyl (C=O) groups excluding carboxylic acids is 2. The number of rotatable bonds is 10. The van der Waals surface area contributed by atoms with Crippen LogP contribution in [0.1, 0.15) is 67.4 Å². The summed E-state index contributed by atoms with van der Waals surface area (Å²) < 4.78 is 40.9. The third-order valence-corrected chi connectivity index (χ3v) is 9.38. The molecule has 0 fully saturated rings. The maximum absolute atomic E-state index is 13.1. The summed E-state index contributed by atoms with van der Waals surface area (Å²) in [6.07, 6.45) is 4.81. The molecule has 6 rings (SSSR count). The second-order valence-electron chi connectivity index (χ2n) is 12.0. The smallest absolute Gasteiger partial charge is 0.406 e. The van der Waals surface area contributed by atoms with Gasteiger partial charge in [-0.25, -0.2) is 9.79 Å². The molecule has 4 aromatic rings. The average Bonchev–Trinajstić information content (AvgIpc) is 3.91. The zero-order valence-corrected chi connectivity index (χ0v) is 28.1. The third kappa shape index (κ3) is 8.95. The first-order valence-corrected chi connectivity index (χ1v) is 17.3. The van der Waals surface area contributed by atoms with Crippen LogP contribution in [0.4, 0.5) is 23.7 Å². The van der Waals surface area contributed by atoms with Gasteiger partial charge in [0.25, 0.3) is 0 Å². The first-order chi connectivity index (χ1) is 24.1. The number of ether oxygens (including phenoxy) is 1. The summed E-state index contributed by atoms with van der Waals surface area (Å²) in [6, 6.07) is 20.9. The Kier molecular flexibility index (Phi) is 10.6. The van der Waals surface area contributed by atoms with Gasteiger partial charge in [0, 0.05) is 31.7 Å². The summed E-state index contributed by atoms with van der Waals surface area (Å²) in [4.78, 5) is 34.4. The normalized spacial score (nSPS) is 15.2. The Balaban J connectivity index is 0.00000504. The number of anilines is 1. The summed E-state index contributed by atoms with van der Waals surface area (Å²) in [7, 11) is 0. The number of nitrogens with one attached hydrogen (secondary N) is 2. The molecule has 0 saturated carbocycles. The Morgan fingerprint density at radius 3 is 2.66 bits per heavy atom. The molecule has 1 aliphatic carbocycles. The van der Waals surface area contributed by atoms with Crippen LogP contribution in [-0.2, 0) is 17.6 Å². The van der Waals surface area contributed by atoms with Crippen molar-refractivity contribution in [3.63, 3.8) is 0 Å². The highest BCUT2D eigenvalue weighted by atomic mass is 32.2. The fraction of sp³-hybridized carbons (Fsp3) is 0.231. The molecule has 11 heteroatoms. The van der Waals surface area contributed by atoms with Crippen LogP contribution in [0.25, 0.3) is 16.3 Å². The van der Waals surface area contributed by atoms with Gasteiger partial charge in [0.1, 0.15) is 16.6 Å². The van der Waals surface area contributed by atoms with Crippen LogP contribution in [-0.4, -0.2) is 41.0 Å². The van der Waals surface area contributed by atoms with E-state index in [9.17, 15) is 22.8 Å². The van der Waals surface area contributed by atoms with Gasteiger partial charge >= 0.3 is 12.4 Å². The number of hydrogen-bond acceptors (Lipinski definition) is 5. The molecule has 0 saturated heterocycles. The second-order valence-corrected chi connectivity index (χ2v) is 13.0. The minimum absolute atomic E-state index is 0. The van der Waals surface area contributed by atoms with Gasteiger partial charge < -0.3 is 10.1 Å².